The molecule has 5 nitrogen and oxygen atoms in total. The van der Waals surface area contributed by atoms with Gasteiger partial charge in [-0.2, -0.15) is 0 Å². The molecule has 5 heteroatoms. The predicted molar refractivity (Wildman–Crippen MR) is 86.4 cm³/mol. The van der Waals surface area contributed by atoms with Crippen molar-refractivity contribution >= 4 is 5.78 Å². The highest BCUT2D eigenvalue weighted by Crippen LogP contribution is 2.62. The summed E-state index contributed by atoms with van der Waals surface area (Å²) in [5.41, 5.74) is -1.85. The first kappa shape index (κ1) is 17.9. The number of hydrogen-bond acceptors (Lipinski definition) is 5. The van der Waals surface area contributed by atoms with Gasteiger partial charge in [0.1, 0.15) is 5.76 Å². The standard InChI is InChI=1S/C18H28O5/c1-9(2)22-13-14(19)17(7)12(6)11(5)15(21-8)18(17,20)16(13)23-10(3)4/h9-10,12,20H,1-8H3/t12-,17-,18+/m1/s1. The smallest absolute Gasteiger partial charge is 0.211 e. The van der Waals surface area contributed by atoms with Crippen molar-refractivity contribution in [2.24, 2.45) is 11.3 Å². The molecule has 2 aliphatic rings. The fraction of sp³-hybridized carbons (Fsp3) is 0.722. The Balaban J connectivity index is 2.72. The summed E-state index contributed by atoms with van der Waals surface area (Å²) in [5.74, 6) is 0.262. The Morgan fingerprint density at radius 2 is 1.61 bits per heavy atom. The van der Waals surface area contributed by atoms with E-state index < -0.39 is 11.0 Å². The van der Waals surface area contributed by atoms with Crippen molar-refractivity contribution in [3.05, 3.63) is 22.9 Å². The molecular formula is C18H28O5. The zero-order chi connectivity index (χ0) is 17.7. The summed E-state index contributed by atoms with van der Waals surface area (Å²) >= 11 is 0. The summed E-state index contributed by atoms with van der Waals surface area (Å²) in [6.07, 6.45) is -0.402. The Kier molecular flexibility index (Phi) is 4.31. The average Bonchev–Trinajstić information content (AvgIpc) is 2.70. The largest absolute Gasteiger partial charge is 0.498 e. The van der Waals surface area contributed by atoms with Gasteiger partial charge in [0.25, 0.3) is 0 Å². The topological polar surface area (TPSA) is 65.0 Å². The third kappa shape index (κ3) is 2.12. The van der Waals surface area contributed by atoms with Crippen LogP contribution in [0.2, 0.25) is 0 Å². The number of rotatable bonds is 5. The second kappa shape index (κ2) is 5.55. The summed E-state index contributed by atoms with van der Waals surface area (Å²) in [6, 6.07) is 0. The zero-order valence-corrected chi connectivity index (χ0v) is 15.3. The van der Waals surface area contributed by atoms with Crippen LogP contribution in [0.4, 0.5) is 0 Å². The van der Waals surface area contributed by atoms with Crippen molar-refractivity contribution in [1.29, 1.82) is 0 Å². The van der Waals surface area contributed by atoms with Gasteiger partial charge in [0.2, 0.25) is 11.5 Å². The van der Waals surface area contributed by atoms with E-state index in [-0.39, 0.29) is 35.4 Å². The Labute approximate surface area is 138 Å². The van der Waals surface area contributed by atoms with Gasteiger partial charge in [0.05, 0.1) is 24.7 Å². The van der Waals surface area contributed by atoms with Crippen LogP contribution in [0.5, 0.6) is 0 Å². The molecule has 130 valence electrons. The first-order chi connectivity index (χ1) is 10.5. The predicted octanol–water partition coefficient (Wildman–Crippen LogP) is 2.94. The van der Waals surface area contributed by atoms with Crippen molar-refractivity contribution in [2.45, 2.75) is 66.3 Å². The van der Waals surface area contributed by atoms with Gasteiger partial charge in [-0.15, -0.1) is 0 Å². The van der Waals surface area contributed by atoms with E-state index in [0.717, 1.165) is 5.57 Å². The van der Waals surface area contributed by atoms with Crippen LogP contribution in [0, 0.1) is 11.3 Å². The first-order valence-corrected chi connectivity index (χ1v) is 8.13. The third-order valence-electron chi connectivity index (χ3n) is 5.08. The molecule has 0 fully saturated rings. The minimum Gasteiger partial charge on any atom is -0.498 e. The maximum atomic E-state index is 13.2. The van der Waals surface area contributed by atoms with E-state index in [9.17, 15) is 9.90 Å². The number of Topliss-reactive ketones (excluding diaryl/α,β-unsaturated/α-hetero) is 1. The maximum Gasteiger partial charge on any atom is 0.211 e. The van der Waals surface area contributed by atoms with E-state index in [4.69, 9.17) is 14.2 Å². The number of carbonyl (C=O) groups is 1. The molecule has 0 bridgehead atoms. The summed E-state index contributed by atoms with van der Waals surface area (Å²) in [6.45, 7) is 13.0. The van der Waals surface area contributed by atoms with Crippen LogP contribution in [0.1, 0.15) is 48.5 Å². The molecule has 0 saturated carbocycles. The highest BCUT2D eigenvalue weighted by Gasteiger charge is 2.73. The Bertz CT molecular complexity index is 586. The number of carbonyl (C=O) groups excluding carboxylic acids is 1. The molecule has 0 heterocycles. The Morgan fingerprint density at radius 1 is 1.09 bits per heavy atom. The fourth-order valence-electron chi connectivity index (χ4n) is 3.69. The molecule has 2 rings (SSSR count). The summed E-state index contributed by atoms with van der Waals surface area (Å²) < 4.78 is 17.1. The van der Waals surface area contributed by atoms with Crippen molar-refractivity contribution in [3.8, 4) is 0 Å². The molecule has 3 atom stereocenters. The molecule has 0 aliphatic heterocycles. The molecule has 0 unspecified atom stereocenters. The number of allylic oxidation sites excluding steroid dienone is 2. The van der Waals surface area contributed by atoms with Crippen LogP contribution in [0.3, 0.4) is 0 Å². The monoisotopic (exact) mass is 324 g/mol. The molecule has 0 aromatic heterocycles. The van der Waals surface area contributed by atoms with Crippen LogP contribution in [0.25, 0.3) is 0 Å². The van der Waals surface area contributed by atoms with Gasteiger partial charge in [-0.3, -0.25) is 4.79 Å². The van der Waals surface area contributed by atoms with Crippen LogP contribution >= 0.6 is 0 Å². The van der Waals surface area contributed by atoms with Crippen LogP contribution in [-0.4, -0.2) is 35.8 Å². The molecule has 0 aromatic rings. The lowest BCUT2D eigenvalue weighted by Gasteiger charge is -2.37. The lowest BCUT2D eigenvalue weighted by molar-refractivity contribution is -0.139. The maximum absolute atomic E-state index is 13.2. The van der Waals surface area contributed by atoms with Gasteiger partial charge >= 0.3 is 0 Å². The van der Waals surface area contributed by atoms with Crippen LogP contribution in [0.15, 0.2) is 22.9 Å². The molecule has 1 N–H and O–H groups in total. The van der Waals surface area contributed by atoms with Crippen LogP contribution in [-0.2, 0) is 19.0 Å². The van der Waals surface area contributed by atoms with Gasteiger partial charge in [0, 0.05) is 0 Å². The minimum atomic E-state index is -1.63. The second-order valence-electron chi connectivity index (χ2n) is 7.17. The summed E-state index contributed by atoms with van der Waals surface area (Å²) in [4.78, 5) is 13.2. The Hall–Kier alpha value is -1.49. The van der Waals surface area contributed by atoms with E-state index in [2.05, 4.69) is 0 Å². The number of ketones is 1. The van der Waals surface area contributed by atoms with Crippen molar-refractivity contribution in [1.82, 2.24) is 0 Å². The van der Waals surface area contributed by atoms with Gasteiger partial charge in [0.15, 0.2) is 11.4 Å². The fourth-order valence-corrected chi connectivity index (χ4v) is 3.69. The molecule has 0 saturated heterocycles. The van der Waals surface area contributed by atoms with E-state index in [1.165, 1.54) is 7.11 Å². The molecule has 0 spiro atoms. The highest BCUT2D eigenvalue weighted by atomic mass is 16.6. The number of fused-ring (bicyclic) bond motifs is 1. The minimum absolute atomic E-state index is 0.118. The van der Waals surface area contributed by atoms with Gasteiger partial charge in [-0.1, -0.05) is 6.92 Å². The average molecular weight is 324 g/mol. The van der Waals surface area contributed by atoms with Gasteiger partial charge < -0.3 is 19.3 Å². The normalized spacial score (nSPS) is 33.9. The Morgan fingerprint density at radius 3 is 2.04 bits per heavy atom. The SMILES string of the molecule is COC1=C(C)[C@@H](C)[C@]2(C)C(=O)C(OC(C)C)=C(OC(C)C)[C@@]12O. The molecule has 0 aromatic carbocycles. The number of hydrogen-bond donors (Lipinski definition) is 1. The van der Waals surface area contributed by atoms with Crippen molar-refractivity contribution in [3.63, 3.8) is 0 Å². The molecule has 23 heavy (non-hydrogen) atoms. The number of aliphatic hydroxyl groups is 1. The van der Waals surface area contributed by atoms with E-state index in [1.54, 1.807) is 6.92 Å². The van der Waals surface area contributed by atoms with Crippen LogP contribution < -0.4 is 0 Å². The van der Waals surface area contributed by atoms with Gasteiger partial charge in [-0.25, -0.2) is 0 Å². The zero-order valence-electron chi connectivity index (χ0n) is 15.3. The van der Waals surface area contributed by atoms with Crippen molar-refractivity contribution in [2.75, 3.05) is 7.11 Å². The molecule has 2 aliphatic carbocycles. The lowest BCUT2D eigenvalue weighted by Crippen LogP contribution is -2.49. The van der Waals surface area contributed by atoms with E-state index in [1.807, 2.05) is 41.5 Å². The van der Waals surface area contributed by atoms with Gasteiger partial charge in [-0.05, 0) is 53.0 Å². The quantitative estimate of drug-likeness (QED) is 0.842. The highest BCUT2D eigenvalue weighted by molar-refractivity contribution is 6.05. The van der Waals surface area contributed by atoms with Crippen molar-refractivity contribution < 1.29 is 24.1 Å². The number of ether oxygens (including phenoxy) is 3. The number of methoxy groups -OCH3 is 1. The first-order valence-electron chi connectivity index (χ1n) is 8.13. The van der Waals surface area contributed by atoms with E-state index in [0.29, 0.717) is 5.76 Å². The molecule has 0 amide bonds. The third-order valence-corrected chi connectivity index (χ3v) is 5.08. The van der Waals surface area contributed by atoms with E-state index >= 15 is 0 Å². The molecule has 0 radical (unpaired) electrons. The lowest BCUT2D eigenvalue weighted by atomic mass is 9.69. The summed E-state index contributed by atoms with van der Waals surface area (Å²) in [7, 11) is 1.51. The second-order valence-corrected chi connectivity index (χ2v) is 7.17. The molecular weight excluding hydrogens is 296 g/mol. The summed E-state index contributed by atoms with van der Waals surface area (Å²) in [5, 5.41) is 11.6.